The number of phosphoric ester groups is 1. The molecule has 2 atom stereocenters. The zero-order valence-corrected chi connectivity index (χ0v) is 25.8. The maximum Gasteiger partial charge on any atom is 0.472 e. The van der Waals surface area contributed by atoms with Gasteiger partial charge in [-0.15, -0.1) is 0 Å². The van der Waals surface area contributed by atoms with Crippen LogP contribution in [0.2, 0.25) is 0 Å². The van der Waals surface area contributed by atoms with Gasteiger partial charge in [0.1, 0.15) is 6.61 Å². The van der Waals surface area contributed by atoms with E-state index in [-0.39, 0.29) is 32.6 Å². The van der Waals surface area contributed by atoms with Gasteiger partial charge in [0.2, 0.25) is 0 Å². The lowest BCUT2D eigenvalue weighted by atomic mass is 10.0. The van der Waals surface area contributed by atoms with Gasteiger partial charge < -0.3 is 20.1 Å². The summed E-state index contributed by atoms with van der Waals surface area (Å²) >= 11 is 0. The number of unbranched alkanes of at least 4 members (excludes halogenated alkanes) is 16. The lowest BCUT2D eigenvalue weighted by Gasteiger charge is -2.19. The van der Waals surface area contributed by atoms with Crippen molar-refractivity contribution >= 4 is 19.8 Å². The average molecular weight is 580 g/mol. The molecule has 0 aromatic carbocycles. The molecule has 39 heavy (non-hydrogen) atoms. The highest BCUT2D eigenvalue weighted by molar-refractivity contribution is 7.47. The first-order valence-electron chi connectivity index (χ1n) is 15.5. The quantitative estimate of drug-likeness (QED) is 0.0529. The molecule has 2 unspecified atom stereocenters. The molecule has 0 aliphatic carbocycles. The Kier molecular flexibility index (Phi) is 26.5. The molecule has 9 nitrogen and oxygen atoms in total. The van der Waals surface area contributed by atoms with E-state index in [1.807, 2.05) is 6.92 Å². The van der Waals surface area contributed by atoms with Crippen molar-refractivity contribution < 1.29 is 37.6 Å². The molecular formula is C29H58NO8P. The summed E-state index contributed by atoms with van der Waals surface area (Å²) in [6.07, 6.45) is 20.7. The molecule has 0 aromatic rings. The van der Waals surface area contributed by atoms with Crippen LogP contribution in [0, 0.1) is 0 Å². The molecule has 10 heteroatoms. The molecule has 0 rings (SSSR count). The van der Waals surface area contributed by atoms with Gasteiger partial charge in [0.15, 0.2) is 6.10 Å². The van der Waals surface area contributed by atoms with Gasteiger partial charge >= 0.3 is 19.8 Å². The number of carbonyl (C=O) groups is 2. The number of carbonyl (C=O) groups excluding carboxylic acids is 2. The molecule has 0 spiro atoms. The van der Waals surface area contributed by atoms with Crippen LogP contribution in [0.25, 0.3) is 0 Å². The third kappa shape index (κ3) is 27.0. The van der Waals surface area contributed by atoms with Gasteiger partial charge in [-0.25, -0.2) is 4.57 Å². The molecule has 0 aliphatic heterocycles. The van der Waals surface area contributed by atoms with Crippen LogP contribution in [0.5, 0.6) is 0 Å². The summed E-state index contributed by atoms with van der Waals surface area (Å²) in [5.74, 6) is -0.852. The molecule has 232 valence electrons. The summed E-state index contributed by atoms with van der Waals surface area (Å²) in [4.78, 5) is 34.0. The largest absolute Gasteiger partial charge is 0.472 e. The van der Waals surface area contributed by atoms with Gasteiger partial charge in [0.25, 0.3) is 0 Å². The fourth-order valence-corrected chi connectivity index (χ4v) is 4.93. The fourth-order valence-electron chi connectivity index (χ4n) is 4.16. The summed E-state index contributed by atoms with van der Waals surface area (Å²) in [7, 11) is -4.34. The maximum atomic E-state index is 12.3. The Balaban J connectivity index is 4.09. The van der Waals surface area contributed by atoms with E-state index in [9.17, 15) is 19.0 Å². The highest BCUT2D eigenvalue weighted by atomic mass is 31.2. The summed E-state index contributed by atoms with van der Waals surface area (Å²) in [5.41, 5.74) is 5.28. The van der Waals surface area contributed by atoms with E-state index >= 15 is 0 Å². The van der Waals surface area contributed by atoms with Crippen LogP contribution in [-0.2, 0) is 32.7 Å². The van der Waals surface area contributed by atoms with Crippen molar-refractivity contribution in [2.45, 2.75) is 148 Å². The van der Waals surface area contributed by atoms with Gasteiger partial charge in [0.05, 0.1) is 13.2 Å². The van der Waals surface area contributed by atoms with E-state index in [1.165, 1.54) is 77.0 Å². The van der Waals surface area contributed by atoms with Gasteiger partial charge in [-0.3, -0.25) is 18.6 Å². The Morgan fingerprint density at radius 2 is 1.10 bits per heavy atom. The lowest BCUT2D eigenvalue weighted by Crippen LogP contribution is -2.29. The van der Waals surface area contributed by atoms with Gasteiger partial charge in [-0.05, 0) is 12.8 Å². The van der Waals surface area contributed by atoms with Crippen molar-refractivity contribution in [2.75, 3.05) is 26.4 Å². The van der Waals surface area contributed by atoms with Crippen molar-refractivity contribution in [1.82, 2.24) is 0 Å². The molecule has 3 N–H and O–H groups in total. The molecule has 0 saturated heterocycles. The van der Waals surface area contributed by atoms with E-state index in [2.05, 4.69) is 6.92 Å². The van der Waals surface area contributed by atoms with Crippen LogP contribution < -0.4 is 5.73 Å². The third-order valence-corrected chi connectivity index (χ3v) is 7.48. The number of ether oxygens (including phenoxy) is 2. The van der Waals surface area contributed by atoms with Crippen molar-refractivity contribution in [3.8, 4) is 0 Å². The van der Waals surface area contributed by atoms with Crippen LogP contribution in [0.15, 0.2) is 0 Å². The topological polar surface area (TPSA) is 134 Å². The third-order valence-electron chi connectivity index (χ3n) is 6.49. The summed E-state index contributed by atoms with van der Waals surface area (Å²) < 4.78 is 32.1. The van der Waals surface area contributed by atoms with Crippen molar-refractivity contribution in [2.24, 2.45) is 5.73 Å². The van der Waals surface area contributed by atoms with Crippen LogP contribution in [0.4, 0.5) is 0 Å². The minimum Gasteiger partial charge on any atom is -0.462 e. The summed E-state index contributed by atoms with van der Waals surface area (Å²) in [5, 5.41) is 0. The molecule has 0 amide bonds. The van der Waals surface area contributed by atoms with Crippen LogP contribution in [0.1, 0.15) is 142 Å². The zero-order valence-electron chi connectivity index (χ0n) is 24.9. The second-order valence-electron chi connectivity index (χ2n) is 10.3. The highest BCUT2D eigenvalue weighted by Crippen LogP contribution is 2.43. The highest BCUT2D eigenvalue weighted by Gasteiger charge is 2.25. The maximum absolute atomic E-state index is 12.3. The Morgan fingerprint density at radius 1 is 0.667 bits per heavy atom. The second kappa shape index (κ2) is 27.2. The number of esters is 2. The molecule has 0 saturated carbocycles. The standard InChI is InChI=1S/C29H58NO8P/c1-3-5-7-8-9-10-11-12-13-14-15-16-17-18-20-22-29(32)38-27(25-35-28(31)21-19-6-4-2)26-37-39(33,34)36-24-23-30/h27H,3-26,30H2,1-2H3,(H,33,34). The summed E-state index contributed by atoms with van der Waals surface area (Å²) in [6, 6.07) is 0. The number of phosphoric acid groups is 1. The first-order chi connectivity index (χ1) is 18.8. The fraction of sp³-hybridized carbons (Fsp3) is 0.931. The molecule has 0 bridgehead atoms. The predicted octanol–water partition coefficient (Wildman–Crippen LogP) is 7.38. The van der Waals surface area contributed by atoms with E-state index in [4.69, 9.17) is 24.3 Å². The van der Waals surface area contributed by atoms with Crippen molar-refractivity contribution in [3.63, 3.8) is 0 Å². The molecule has 0 aromatic heterocycles. The normalized spacial score (nSPS) is 13.6. The summed E-state index contributed by atoms with van der Waals surface area (Å²) in [6.45, 7) is 3.53. The average Bonchev–Trinajstić information content (AvgIpc) is 2.91. The van der Waals surface area contributed by atoms with E-state index in [0.29, 0.717) is 12.8 Å². The van der Waals surface area contributed by atoms with E-state index in [0.717, 1.165) is 25.7 Å². The van der Waals surface area contributed by atoms with E-state index in [1.54, 1.807) is 0 Å². The van der Waals surface area contributed by atoms with Crippen LogP contribution in [0.3, 0.4) is 0 Å². The van der Waals surface area contributed by atoms with Crippen LogP contribution >= 0.6 is 7.82 Å². The second-order valence-corrected chi connectivity index (χ2v) is 11.8. The Labute approximate surface area is 237 Å². The molecular weight excluding hydrogens is 521 g/mol. The van der Waals surface area contributed by atoms with Gasteiger partial charge in [-0.1, -0.05) is 117 Å². The zero-order chi connectivity index (χ0) is 29.0. The minimum absolute atomic E-state index is 0.0565. The number of nitrogens with two attached hydrogens (primary N) is 1. The minimum atomic E-state index is -4.34. The predicted molar refractivity (Wildman–Crippen MR) is 155 cm³/mol. The molecule has 0 fully saturated rings. The first-order valence-corrected chi connectivity index (χ1v) is 17.0. The first kappa shape index (κ1) is 38.0. The Morgan fingerprint density at radius 3 is 1.62 bits per heavy atom. The van der Waals surface area contributed by atoms with Crippen molar-refractivity contribution in [1.29, 1.82) is 0 Å². The van der Waals surface area contributed by atoms with Gasteiger partial charge in [0, 0.05) is 19.4 Å². The Hall–Kier alpha value is -0.990. The molecule has 0 heterocycles. The Bertz CT molecular complexity index is 634. The van der Waals surface area contributed by atoms with E-state index < -0.39 is 32.5 Å². The monoisotopic (exact) mass is 579 g/mol. The number of hydrogen-bond acceptors (Lipinski definition) is 8. The molecule has 0 radical (unpaired) electrons. The van der Waals surface area contributed by atoms with Crippen LogP contribution in [-0.4, -0.2) is 49.3 Å². The molecule has 0 aliphatic rings. The number of hydrogen-bond donors (Lipinski definition) is 2. The van der Waals surface area contributed by atoms with Gasteiger partial charge in [-0.2, -0.15) is 0 Å². The van der Waals surface area contributed by atoms with Crippen molar-refractivity contribution in [3.05, 3.63) is 0 Å². The smallest absolute Gasteiger partial charge is 0.462 e. The SMILES string of the molecule is CCCCCCCCCCCCCCCCCC(=O)OC(COC(=O)CCCCC)COP(=O)(O)OCCN. The lowest BCUT2D eigenvalue weighted by molar-refractivity contribution is -0.161. The number of rotatable bonds is 29.